The summed E-state index contributed by atoms with van der Waals surface area (Å²) < 4.78 is 11.5. The summed E-state index contributed by atoms with van der Waals surface area (Å²) in [7, 11) is 3.58. The lowest BCUT2D eigenvalue weighted by Gasteiger charge is -2.26. The van der Waals surface area contributed by atoms with Crippen molar-refractivity contribution in [2.75, 3.05) is 33.8 Å². The fourth-order valence-electron chi connectivity index (χ4n) is 3.54. The molecule has 1 aromatic carbocycles. The number of methoxy groups -OCH3 is 1. The van der Waals surface area contributed by atoms with Crippen LogP contribution in [0.25, 0.3) is 0 Å². The molecule has 1 fully saturated rings. The lowest BCUT2D eigenvalue weighted by atomic mass is 10.1. The van der Waals surface area contributed by atoms with E-state index >= 15 is 0 Å². The molecule has 0 bridgehead atoms. The van der Waals surface area contributed by atoms with Gasteiger partial charge in [0.15, 0.2) is 11.5 Å². The van der Waals surface area contributed by atoms with E-state index in [9.17, 15) is 4.79 Å². The lowest BCUT2D eigenvalue weighted by Crippen LogP contribution is -2.36. The SMILES string of the molecule is COc1cccc(CN2CCCC(N(C)CC(=O)O)CC2)c1OC(C)C. The molecule has 1 N–H and O–H groups in total. The summed E-state index contributed by atoms with van der Waals surface area (Å²) in [5.74, 6) is 0.833. The molecule has 0 amide bonds. The highest BCUT2D eigenvalue weighted by Crippen LogP contribution is 2.33. The summed E-state index contributed by atoms with van der Waals surface area (Å²) in [5.41, 5.74) is 1.13. The standard InChI is InChI=1S/C20H32N2O4/c1-15(2)26-20-16(7-5-9-18(20)25-4)13-22-11-6-8-17(10-12-22)21(3)14-19(23)24/h5,7,9,15,17H,6,8,10-14H2,1-4H3,(H,23,24). The number of carbonyl (C=O) groups is 1. The molecule has 1 unspecified atom stereocenters. The van der Waals surface area contributed by atoms with Crippen molar-refractivity contribution in [3.8, 4) is 11.5 Å². The Labute approximate surface area is 156 Å². The molecule has 0 aliphatic carbocycles. The predicted octanol–water partition coefficient (Wildman–Crippen LogP) is 2.85. The first-order valence-corrected chi connectivity index (χ1v) is 9.37. The van der Waals surface area contributed by atoms with Crippen LogP contribution in [-0.4, -0.2) is 66.8 Å². The van der Waals surface area contributed by atoms with Crippen LogP contribution in [0.4, 0.5) is 0 Å². The Bertz CT molecular complexity index is 591. The predicted molar refractivity (Wildman–Crippen MR) is 102 cm³/mol. The molecule has 1 saturated heterocycles. The second-order valence-electron chi connectivity index (χ2n) is 7.28. The number of carboxylic acid groups (broad SMARTS) is 1. The van der Waals surface area contributed by atoms with Crippen LogP contribution in [0.1, 0.15) is 38.7 Å². The van der Waals surface area contributed by atoms with E-state index < -0.39 is 5.97 Å². The number of rotatable bonds is 8. The molecule has 0 radical (unpaired) electrons. The summed E-state index contributed by atoms with van der Waals surface area (Å²) in [6.45, 7) is 6.92. The van der Waals surface area contributed by atoms with Crippen molar-refractivity contribution in [3.05, 3.63) is 23.8 Å². The highest BCUT2D eigenvalue weighted by molar-refractivity contribution is 5.69. The second-order valence-corrected chi connectivity index (χ2v) is 7.28. The van der Waals surface area contributed by atoms with Crippen LogP contribution in [0.2, 0.25) is 0 Å². The van der Waals surface area contributed by atoms with Crippen molar-refractivity contribution in [2.45, 2.75) is 51.8 Å². The molecule has 1 aliphatic rings. The van der Waals surface area contributed by atoms with Gasteiger partial charge < -0.3 is 14.6 Å². The van der Waals surface area contributed by atoms with Gasteiger partial charge in [-0.1, -0.05) is 12.1 Å². The number of carboxylic acids is 1. The molecular formula is C20H32N2O4. The maximum atomic E-state index is 11.0. The third-order valence-electron chi connectivity index (χ3n) is 4.83. The van der Waals surface area contributed by atoms with Gasteiger partial charge in [0.2, 0.25) is 0 Å². The van der Waals surface area contributed by atoms with Crippen LogP contribution in [0.5, 0.6) is 11.5 Å². The molecule has 0 saturated carbocycles. The van der Waals surface area contributed by atoms with Gasteiger partial charge in [-0.05, 0) is 59.3 Å². The Morgan fingerprint density at radius 1 is 1.35 bits per heavy atom. The van der Waals surface area contributed by atoms with Crippen LogP contribution in [0.3, 0.4) is 0 Å². The zero-order valence-corrected chi connectivity index (χ0v) is 16.4. The van der Waals surface area contributed by atoms with Gasteiger partial charge in [0, 0.05) is 18.2 Å². The van der Waals surface area contributed by atoms with Gasteiger partial charge in [-0.3, -0.25) is 14.6 Å². The first kappa shape index (κ1) is 20.5. The fourth-order valence-corrected chi connectivity index (χ4v) is 3.54. The quantitative estimate of drug-likeness (QED) is 0.765. The molecule has 26 heavy (non-hydrogen) atoms. The Kier molecular flexibility index (Phi) is 7.72. The molecular weight excluding hydrogens is 332 g/mol. The van der Waals surface area contributed by atoms with E-state index in [4.69, 9.17) is 14.6 Å². The third-order valence-corrected chi connectivity index (χ3v) is 4.83. The van der Waals surface area contributed by atoms with Gasteiger partial charge in [-0.15, -0.1) is 0 Å². The normalized spacial score (nSPS) is 18.8. The van der Waals surface area contributed by atoms with E-state index in [2.05, 4.69) is 11.0 Å². The smallest absolute Gasteiger partial charge is 0.317 e. The number of hydrogen-bond donors (Lipinski definition) is 1. The summed E-state index contributed by atoms with van der Waals surface area (Å²) >= 11 is 0. The molecule has 0 spiro atoms. The van der Waals surface area contributed by atoms with E-state index in [1.807, 2.05) is 37.9 Å². The molecule has 2 rings (SSSR count). The Morgan fingerprint density at radius 2 is 2.12 bits per heavy atom. The number of para-hydroxylation sites is 1. The van der Waals surface area contributed by atoms with Gasteiger partial charge in [-0.25, -0.2) is 0 Å². The average molecular weight is 364 g/mol. The number of benzene rings is 1. The summed E-state index contributed by atoms with van der Waals surface area (Å²) in [5, 5.41) is 9.01. The monoisotopic (exact) mass is 364 g/mol. The average Bonchev–Trinajstić information content (AvgIpc) is 2.81. The van der Waals surface area contributed by atoms with Crippen LogP contribution < -0.4 is 9.47 Å². The minimum Gasteiger partial charge on any atom is -0.493 e. The number of aliphatic carboxylic acids is 1. The highest BCUT2D eigenvalue weighted by atomic mass is 16.5. The topological polar surface area (TPSA) is 62.2 Å². The number of ether oxygens (including phenoxy) is 2. The largest absolute Gasteiger partial charge is 0.493 e. The van der Waals surface area contributed by atoms with Gasteiger partial charge in [0.05, 0.1) is 19.8 Å². The van der Waals surface area contributed by atoms with E-state index in [0.29, 0.717) is 6.04 Å². The van der Waals surface area contributed by atoms with Crippen molar-refractivity contribution in [3.63, 3.8) is 0 Å². The first-order valence-electron chi connectivity index (χ1n) is 9.37. The highest BCUT2D eigenvalue weighted by Gasteiger charge is 2.23. The third kappa shape index (κ3) is 5.88. The fraction of sp³-hybridized carbons (Fsp3) is 0.650. The van der Waals surface area contributed by atoms with Crippen molar-refractivity contribution in [2.24, 2.45) is 0 Å². The maximum absolute atomic E-state index is 11.0. The number of likely N-dealkylation sites (N-methyl/N-ethyl adjacent to an activating group) is 1. The molecule has 1 aliphatic heterocycles. The Morgan fingerprint density at radius 3 is 2.77 bits per heavy atom. The molecule has 0 aromatic heterocycles. The molecule has 1 heterocycles. The summed E-state index contributed by atoms with van der Waals surface area (Å²) in [6.07, 6.45) is 3.17. The Hall–Kier alpha value is -1.79. The van der Waals surface area contributed by atoms with Crippen molar-refractivity contribution < 1.29 is 19.4 Å². The second kappa shape index (κ2) is 9.78. The van der Waals surface area contributed by atoms with Gasteiger partial charge in [0.1, 0.15) is 0 Å². The van der Waals surface area contributed by atoms with Gasteiger partial charge in [0.25, 0.3) is 0 Å². The number of nitrogens with zero attached hydrogens (tertiary/aromatic N) is 2. The lowest BCUT2D eigenvalue weighted by molar-refractivity contribution is -0.138. The minimum absolute atomic E-state index is 0.0863. The molecule has 1 aromatic rings. The van der Waals surface area contributed by atoms with Crippen LogP contribution in [0, 0.1) is 0 Å². The zero-order chi connectivity index (χ0) is 19.1. The first-order chi connectivity index (χ1) is 12.4. The van der Waals surface area contributed by atoms with Crippen molar-refractivity contribution >= 4 is 5.97 Å². The van der Waals surface area contributed by atoms with Crippen LogP contribution in [-0.2, 0) is 11.3 Å². The zero-order valence-electron chi connectivity index (χ0n) is 16.4. The van der Waals surface area contributed by atoms with E-state index in [1.165, 1.54) is 0 Å². The van der Waals surface area contributed by atoms with Gasteiger partial charge >= 0.3 is 5.97 Å². The van der Waals surface area contributed by atoms with Crippen LogP contribution in [0.15, 0.2) is 18.2 Å². The van der Waals surface area contributed by atoms with Crippen molar-refractivity contribution in [1.29, 1.82) is 0 Å². The van der Waals surface area contributed by atoms with Gasteiger partial charge in [-0.2, -0.15) is 0 Å². The van der Waals surface area contributed by atoms with Crippen molar-refractivity contribution in [1.82, 2.24) is 9.80 Å². The molecule has 6 nitrogen and oxygen atoms in total. The molecule has 146 valence electrons. The Balaban J connectivity index is 2.04. The number of hydrogen-bond acceptors (Lipinski definition) is 5. The minimum atomic E-state index is -0.763. The summed E-state index contributed by atoms with van der Waals surface area (Å²) in [6, 6.07) is 6.36. The van der Waals surface area contributed by atoms with E-state index in [-0.39, 0.29) is 12.6 Å². The summed E-state index contributed by atoms with van der Waals surface area (Å²) in [4.78, 5) is 15.3. The van der Waals surface area contributed by atoms with E-state index in [0.717, 1.165) is 56.0 Å². The molecule has 1 atom stereocenters. The molecule has 6 heteroatoms. The number of likely N-dealkylation sites (tertiary alicyclic amines) is 1. The van der Waals surface area contributed by atoms with Crippen LogP contribution >= 0.6 is 0 Å². The van der Waals surface area contributed by atoms with E-state index in [1.54, 1.807) is 7.11 Å². The maximum Gasteiger partial charge on any atom is 0.317 e.